The van der Waals surface area contributed by atoms with Crippen LogP contribution < -0.4 is 16.0 Å². The molecule has 1 amide bonds. The summed E-state index contributed by atoms with van der Waals surface area (Å²) in [4.78, 5) is 12.8. The molecule has 0 saturated carbocycles. The van der Waals surface area contributed by atoms with E-state index < -0.39 is 0 Å². The zero-order valence-electron chi connectivity index (χ0n) is 22.2. The third-order valence-corrected chi connectivity index (χ3v) is 6.70. The Hall–Kier alpha value is -3.42. The minimum absolute atomic E-state index is 0.160. The van der Waals surface area contributed by atoms with Gasteiger partial charge in [0, 0.05) is 40.2 Å². The van der Waals surface area contributed by atoms with Crippen molar-refractivity contribution in [2.75, 3.05) is 10.6 Å². The van der Waals surface area contributed by atoms with Gasteiger partial charge in [0.25, 0.3) is 5.91 Å². The first-order valence-electron chi connectivity index (χ1n) is 12.3. The fourth-order valence-corrected chi connectivity index (χ4v) is 4.41. The van der Waals surface area contributed by atoms with Crippen molar-refractivity contribution >= 4 is 61.5 Å². The number of anilines is 3. The number of hydrogen-bond donors (Lipinski definition) is 3. The molecule has 6 nitrogen and oxygen atoms in total. The molecule has 4 rings (SSSR count). The van der Waals surface area contributed by atoms with Gasteiger partial charge in [0.15, 0.2) is 5.88 Å². The maximum atomic E-state index is 12.8. The van der Waals surface area contributed by atoms with Gasteiger partial charge in [-0.15, -0.1) is 0 Å². The van der Waals surface area contributed by atoms with Gasteiger partial charge in [-0.05, 0) is 100.0 Å². The van der Waals surface area contributed by atoms with Crippen molar-refractivity contribution in [2.45, 2.75) is 39.8 Å². The zero-order chi connectivity index (χ0) is 27.4. The Morgan fingerprint density at radius 1 is 1.05 bits per heavy atom. The molecular weight excluding hydrogens is 564 g/mol. The summed E-state index contributed by atoms with van der Waals surface area (Å²) in [5, 5.41) is 11.3. The number of carbonyl (C=O) groups excluding carboxylic acids is 1. The first-order chi connectivity index (χ1) is 18.0. The quantitative estimate of drug-likeness (QED) is 0.179. The molecule has 38 heavy (non-hydrogen) atoms. The molecule has 0 fully saturated rings. The largest absolute Gasteiger partial charge is 0.474 e. The summed E-state index contributed by atoms with van der Waals surface area (Å²) in [5.74, 6) is 1.44. The average molecular weight is 596 g/mol. The summed E-state index contributed by atoms with van der Waals surface area (Å²) in [6, 6.07) is 21.1. The second-order valence-corrected chi connectivity index (χ2v) is 11.3. The van der Waals surface area contributed by atoms with Crippen molar-refractivity contribution in [3.63, 3.8) is 0 Å². The van der Waals surface area contributed by atoms with Gasteiger partial charge < -0.3 is 25.3 Å². The molecule has 0 bridgehead atoms. The lowest BCUT2D eigenvalue weighted by Crippen LogP contribution is -2.25. The number of benzene rings is 3. The molecule has 4 aromatic rings. The van der Waals surface area contributed by atoms with Gasteiger partial charge in [0.2, 0.25) is 0 Å². The highest BCUT2D eigenvalue weighted by molar-refractivity contribution is 9.10. The third-order valence-electron chi connectivity index (χ3n) is 5.85. The molecule has 0 spiro atoms. The Morgan fingerprint density at radius 3 is 2.47 bits per heavy atom. The maximum Gasteiger partial charge on any atom is 0.255 e. The van der Waals surface area contributed by atoms with Crippen LogP contribution in [-0.4, -0.2) is 16.1 Å². The Balaban J connectivity index is 1.51. The van der Waals surface area contributed by atoms with E-state index in [9.17, 15) is 4.79 Å². The van der Waals surface area contributed by atoms with E-state index in [-0.39, 0.29) is 11.5 Å². The molecule has 0 saturated heterocycles. The molecule has 0 aliphatic rings. The number of amides is 1. The molecule has 0 unspecified atom stereocenters. The molecule has 0 aliphatic heterocycles. The Morgan fingerprint density at radius 2 is 1.79 bits per heavy atom. The number of rotatable bonds is 8. The highest BCUT2D eigenvalue weighted by Gasteiger charge is 2.14. The fraction of sp³-hybridized carbons (Fsp3) is 0.233. The SMILES string of the molecule is CC=C(NCc1ccc(Cl)c(Nc2cc3cc(C(=O)Nc4ccc(Br)cc4)ccc3n2C)c1)OC(C)(C)C. The van der Waals surface area contributed by atoms with E-state index in [2.05, 4.69) is 31.9 Å². The van der Waals surface area contributed by atoms with Crippen LogP contribution in [0.25, 0.3) is 10.9 Å². The number of carbonyl (C=O) groups is 1. The van der Waals surface area contributed by atoms with Gasteiger partial charge >= 0.3 is 0 Å². The van der Waals surface area contributed by atoms with Crippen molar-refractivity contribution in [1.29, 1.82) is 0 Å². The second kappa shape index (κ2) is 11.5. The van der Waals surface area contributed by atoms with Crippen LogP contribution in [0.2, 0.25) is 5.02 Å². The highest BCUT2D eigenvalue weighted by atomic mass is 79.9. The van der Waals surface area contributed by atoms with E-state index in [0.29, 0.717) is 17.1 Å². The lowest BCUT2D eigenvalue weighted by Gasteiger charge is -2.24. The van der Waals surface area contributed by atoms with Crippen molar-refractivity contribution in [3.8, 4) is 0 Å². The summed E-state index contributed by atoms with van der Waals surface area (Å²) in [5.41, 5.74) is 3.89. The standard InChI is InChI=1S/C30H32BrClN4O2/c1-6-28(38-30(2,3)4)33-18-19-7-13-24(32)25(15-19)35-27-17-21-16-20(8-14-26(21)36(27)5)29(37)34-23-11-9-22(31)10-12-23/h6-17,33,35H,18H2,1-5H3,(H,34,37). The molecule has 198 valence electrons. The molecular formula is C30H32BrClN4O2. The zero-order valence-corrected chi connectivity index (χ0v) is 24.5. The van der Waals surface area contributed by atoms with Crippen LogP contribution >= 0.6 is 27.5 Å². The van der Waals surface area contributed by atoms with Crippen LogP contribution in [0.15, 0.2) is 83.2 Å². The molecule has 1 heterocycles. The Kier molecular flexibility index (Phi) is 8.38. The normalized spacial score (nSPS) is 11.9. The Labute approximate surface area is 237 Å². The smallest absolute Gasteiger partial charge is 0.255 e. The van der Waals surface area contributed by atoms with Gasteiger partial charge in [-0.25, -0.2) is 0 Å². The van der Waals surface area contributed by atoms with Crippen LogP contribution in [0.4, 0.5) is 17.2 Å². The molecule has 1 aromatic heterocycles. The van der Waals surface area contributed by atoms with Crippen LogP contribution in [-0.2, 0) is 18.3 Å². The van der Waals surface area contributed by atoms with E-state index >= 15 is 0 Å². The van der Waals surface area contributed by atoms with Crippen LogP contribution in [0.5, 0.6) is 0 Å². The van der Waals surface area contributed by atoms with E-state index in [0.717, 1.165) is 44.0 Å². The minimum Gasteiger partial charge on any atom is -0.474 e. The van der Waals surface area contributed by atoms with Crippen LogP contribution in [0.3, 0.4) is 0 Å². The molecule has 0 aliphatic carbocycles. The van der Waals surface area contributed by atoms with Gasteiger partial charge in [-0.1, -0.05) is 33.6 Å². The van der Waals surface area contributed by atoms with Gasteiger partial charge in [0.1, 0.15) is 11.4 Å². The number of halogens is 2. The van der Waals surface area contributed by atoms with Crippen molar-refractivity contribution in [2.24, 2.45) is 7.05 Å². The summed E-state index contributed by atoms with van der Waals surface area (Å²) in [7, 11) is 1.98. The maximum absolute atomic E-state index is 12.8. The molecule has 0 atom stereocenters. The van der Waals surface area contributed by atoms with E-state index in [1.807, 2.05) is 112 Å². The molecule has 8 heteroatoms. The number of aryl methyl sites for hydroxylation is 1. The number of ether oxygens (including phenoxy) is 1. The fourth-order valence-electron chi connectivity index (χ4n) is 3.98. The number of nitrogens with one attached hydrogen (secondary N) is 3. The summed E-state index contributed by atoms with van der Waals surface area (Å²) < 4.78 is 8.95. The number of fused-ring (bicyclic) bond motifs is 1. The lowest BCUT2D eigenvalue weighted by atomic mass is 10.1. The summed E-state index contributed by atoms with van der Waals surface area (Å²) >= 11 is 9.95. The number of aromatic nitrogens is 1. The van der Waals surface area contributed by atoms with Crippen LogP contribution in [0, 0.1) is 0 Å². The van der Waals surface area contributed by atoms with Gasteiger partial charge in [-0.2, -0.15) is 0 Å². The van der Waals surface area contributed by atoms with Crippen molar-refractivity contribution in [1.82, 2.24) is 9.88 Å². The average Bonchev–Trinajstić information content (AvgIpc) is 3.18. The first kappa shape index (κ1) is 27.6. The summed E-state index contributed by atoms with van der Waals surface area (Å²) in [6.45, 7) is 8.59. The van der Waals surface area contributed by atoms with Crippen molar-refractivity contribution < 1.29 is 9.53 Å². The summed E-state index contributed by atoms with van der Waals surface area (Å²) in [6.07, 6.45) is 1.92. The Bertz CT molecular complexity index is 1490. The highest BCUT2D eigenvalue weighted by Crippen LogP contribution is 2.31. The van der Waals surface area contributed by atoms with Gasteiger partial charge in [0.05, 0.1) is 10.7 Å². The number of nitrogens with zero attached hydrogens (tertiary/aromatic N) is 1. The monoisotopic (exact) mass is 594 g/mol. The topological polar surface area (TPSA) is 67.3 Å². The minimum atomic E-state index is -0.282. The van der Waals surface area contributed by atoms with Gasteiger partial charge in [-0.3, -0.25) is 4.79 Å². The first-order valence-corrected chi connectivity index (χ1v) is 13.5. The molecule has 3 aromatic carbocycles. The lowest BCUT2D eigenvalue weighted by molar-refractivity contribution is 0.0397. The molecule has 3 N–H and O–H groups in total. The van der Waals surface area contributed by atoms with E-state index in [4.69, 9.17) is 16.3 Å². The van der Waals surface area contributed by atoms with E-state index in [1.54, 1.807) is 0 Å². The van der Waals surface area contributed by atoms with Crippen molar-refractivity contribution in [3.05, 3.63) is 99.3 Å². The second-order valence-electron chi connectivity index (χ2n) is 9.98. The van der Waals surface area contributed by atoms with E-state index in [1.165, 1.54) is 0 Å². The third kappa shape index (κ3) is 6.91. The predicted octanol–water partition coefficient (Wildman–Crippen LogP) is 8.36. The number of allylic oxidation sites excluding steroid dienone is 1. The van der Waals surface area contributed by atoms with Crippen LogP contribution in [0.1, 0.15) is 43.6 Å². The molecule has 0 radical (unpaired) electrons. The predicted molar refractivity (Wildman–Crippen MR) is 161 cm³/mol. The number of hydrogen-bond acceptors (Lipinski definition) is 4.